The zero-order chi connectivity index (χ0) is 15.4. The monoisotopic (exact) mass is 289 g/mol. The zero-order valence-electron chi connectivity index (χ0n) is 11.9. The number of H-pyrrole nitrogens is 1. The van der Waals surface area contributed by atoms with Crippen LogP contribution in [0, 0.1) is 12.7 Å². The van der Waals surface area contributed by atoms with E-state index in [1.165, 1.54) is 18.2 Å². The summed E-state index contributed by atoms with van der Waals surface area (Å²) in [5, 5.41) is 2.68. The number of aromatic nitrogens is 2. The van der Waals surface area contributed by atoms with Crippen molar-refractivity contribution in [2.24, 2.45) is 0 Å². The van der Waals surface area contributed by atoms with E-state index >= 15 is 0 Å². The minimum Gasteiger partial charge on any atom is -0.351 e. The van der Waals surface area contributed by atoms with Crippen molar-refractivity contribution in [2.45, 2.75) is 20.3 Å². The van der Waals surface area contributed by atoms with Gasteiger partial charge in [0, 0.05) is 12.1 Å². The summed E-state index contributed by atoms with van der Waals surface area (Å²) in [6, 6.07) is 5.91. The first-order valence-electron chi connectivity index (χ1n) is 6.67. The quantitative estimate of drug-likeness (QED) is 0.904. The van der Waals surface area contributed by atoms with Gasteiger partial charge in [-0.15, -0.1) is 0 Å². The molecular weight excluding hydrogens is 273 g/mol. The van der Waals surface area contributed by atoms with Crippen LogP contribution in [0.25, 0.3) is 11.3 Å². The summed E-state index contributed by atoms with van der Waals surface area (Å²) < 4.78 is 13.3. The lowest BCUT2D eigenvalue weighted by molar-refractivity contribution is 0.0948. The fraction of sp³-hybridized carbons (Fsp3) is 0.267. The number of rotatable bonds is 4. The predicted octanol–water partition coefficient (Wildman–Crippen LogP) is 2.02. The Bertz CT molecular complexity index is 725. The van der Waals surface area contributed by atoms with E-state index in [9.17, 15) is 14.0 Å². The maximum atomic E-state index is 13.3. The first-order chi connectivity index (χ1) is 10.0. The maximum absolute atomic E-state index is 13.3. The van der Waals surface area contributed by atoms with Crippen LogP contribution in [0.3, 0.4) is 0 Å². The lowest BCUT2D eigenvalue weighted by atomic mass is 10.1. The molecule has 2 aromatic rings. The Morgan fingerprint density at radius 1 is 1.38 bits per heavy atom. The van der Waals surface area contributed by atoms with Crippen molar-refractivity contribution in [3.8, 4) is 11.3 Å². The number of halogens is 1. The summed E-state index contributed by atoms with van der Waals surface area (Å²) in [6.45, 7) is 4.08. The molecule has 6 heteroatoms. The summed E-state index contributed by atoms with van der Waals surface area (Å²) in [5.74, 6) is -0.694. The predicted molar refractivity (Wildman–Crippen MR) is 77.6 cm³/mol. The van der Waals surface area contributed by atoms with Crippen LogP contribution in [0.5, 0.6) is 0 Å². The number of carbonyl (C=O) groups is 1. The molecule has 5 nitrogen and oxygen atoms in total. The van der Waals surface area contributed by atoms with Crippen LogP contribution in [0.2, 0.25) is 0 Å². The summed E-state index contributed by atoms with van der Waals surface area (Å²) in [7, 11) is 0. The van der Waals surface area contributed by atoms with Gasteiger partial charge in [0.25, 0.3) is 5.91 Å². The molecule has 1 heterocycles. The number of carbonyl (C=O) groups excluding carboxylic acids is 1. The molecular formula is C15H16FN3O2. The van der Waals surface area contributed by atoms with E-state index in [-0.39, 0.29) is 17.4 Å². The standard InChI is InChI=1S/C15H16FN3O2/c1-3-6-17-14(20)13-8-12(18-15(21)19-13)10-4-5-11(16)9(2)7-10/h4-5,7-8H,3,6H2,1-2H3,(H,17,20)(H,18,19,21). The van der Waals surface area contributed by atoms with Gasteiger partial charge in [-0.25, -0.2) is 9.18 Å². The first-order valence-corrected chi connectivity index (χ1v) is 6.67. The number of aromatic amines is 1. The van der Waals surface area contributed by atoms with Crippen molar-refractivity contribution < 1.29 is 9.18 Å². The highest BCUT2D eigenvalue weighted by Crippen LogP contribution is 2.19. The SMILES string of the molecule is CCCNC(=O)c1cc(-c2ccc(F)c(C)c2)nc(=O)[nH]1. The van der Waals surface area contributed by atoms with Crippen molar-refractivity contribution >= 4 is 5.91 Å². The van der Waals surface area contributed by atoms with Gasteiger partial charge in [0.1, 0.15) is 11.5 Å². The summed E-state index contributed by atoms with van der Waals surface area (Å²) in [4.78, 5) is 29.7. The Balaban J connectivity index is 2.41. The van der Waals surface area contributed by atoms with Gasteiger partial charge in [0.15, 0.2) is 0 Å². The van der Waals surface area contributed by atoms with Gasteiger partial charge in [0.2, 0.25) is 0 Å². The summed E-state index contributed by atoms with van der Waals surface area (Å²) in [6.07, 6.45) is 0.797. The van der Waals surface area contributed by atoms with Gasteiger partial charge in [-0.3, -0.25) is 4.79 Å². The third-order valence-corrected chi connectivity index (χ3v) is 2.98. The highest BCUT2D eigenvalue weighted by Gasteiger charge is 2.10. The number of nitrogens with zero attached hydrogens (tertiary/aromatic N) is 1. The molecule has 0 atom stereocenters. The first kappa shape index (κ1) is 14.9. The lowest BCUT2D eigenvalue weighted by Crippen LogP contribution is -2.27. The molecule has 110 valence electrons. The number of amides is 1. The van der Waals surface area contributed by atoms with Gasteiger partial charge in [-0.2, -0.15) is 4.98 Å². The number of benzene rings is 1. The molecule has 0 spiro atoms. The third-order valence-electron chi connectivity index (χ3n) is 2.98. The summed E-state index contributed by atoms with van der Waals surface area (Å²) >= 11 is 0. The van der Waals surface area contributed by atoms with Crippen LogP contribution in [0.1, 0.15) is 29.4 Å². The zero-order valence-corrected chi connectivity index (χ0v) is 11.9. The van der Waals surface area contributed by atoms with Gasteiger partial charge in [-0.05, 0) is 43.2 Å². The van der Waals surface area contributed by atoms with Crippen LogP contribution in [-0.2, 0) is 0 Å². The highest BCUT2D eigenvalue weighted by atomic mass is 19.1. The Kier molecular flexibility index (Phi) is 4.47. The van der Waals surface area contributed by atoms with Crippen LogP contribution in [-0.4, -0.2) is 22.4 Å². The number of hydrogen-bond donors (Lipinski definition) is 2. The molecule has 1 aromatic heterocycles. The molecule has 21 heavy (non-hydrogen) atoms. The normalized spacial score (nSPS) is 10.4. The molecule has 0 aliphatic heterocycles. The number of hydrogen-bond acceptors (Lipinski definition) is 3. The van der Waals surface area contributed by atoms with E-state index in [1.54, 1.807) is 13.0 Å². The second-order valence-electron chi connectivity index (χ2n) is 4.71. The summed E-state index contributed by atoms with van der Waals surface area (Å²) in [5.41, 5.74) is 0.899. The van der Waals surface area contributed by atoms with Gasteiger partial charge >= 0.3 is 5.69 Å². The maximum Gasteiger partial charge on any atom is 0.346 e. The Morgan fingerprint density at radius 2 is 2.14 bits per heavy atom. The minimum atomic E-state index is -0.615. The fourth-order valence-electron chi connectivity index (χ4n) is 1.87. The van der Waals surface area contributed by atoms with E-state index in [2.05, 4.69) is 15.3 Å². The molecule has 0 unspecified atom stereocenters. The molecule has 2 rings (SSSR count). The lowest BCUT2D eigenvalue weighted by Gasteiger charge is -2.06. The Hall–Kier alpha value is -2.50. The molecule has 1 aromatic carbocycles. The van der Waals surface area contributed by atoms with Crippen LogP contribution < -0.4 is 11.0 Å². The van der Waals surface area contributed by atoms with Gasteiger partial charge < -0.3 is 10.3 Å². The molecule has 0 fully saturated rings. The van der Waals surface area contributed by atoms with Gasteiger partial charge in [0.05, 0.1) is 5.69 Å². The minimum absolute atomic E-state index is 0.139. The highest BCUT2D eigenvalue weighted by molar-refractivity contribution is 5.93. The topological polar surface area (TPSA) is 74.8 Å². The second-order valence-corrected chi connectivity index (χ2v) is 4.71. The molecule has 0 saturated heterocycles. The van der Waals surface area contributed by atoms with Crippen LogP contribution >= 0.6 is 0 Å². The number of aryl methyl sites for hydroxylation is 1. The van der Waals surface area contributed by atoms with E-state index in [1.807, 2.05) is 6.92 Å². The van der Waals surface area contributed by atoms with Crippen molar-refractivity contribution in [1.29, 1.82) is 0 Å². The smallest absolute Gasteiger partial charge is 0.346 e. The Morgan fingerprint density at radius 3 is 2.81 bits per heavy atom. The average Bonchev–Trinajstić information content (AvgIpc) is 2.47. The second kappa shape index (κ2) is 6.30. The fourth-order valence-corrected chi connectivity index (χ4v) is 1.87. The molecule has 1 amide bonds. The van der Waals surface area contributed by atoms with Gasteiger partial charge in [-0.1, -0.05) is 6.92 Å². The molecule has 0 aliphatic carbocycles. The molecule has 0 radical (unpaired) electrons. The van der Waals surface area contributed by atoms with Crippen molar-refractivity contribution in [3.63, 3.8) is 0 Å². The molecule has 0 aliphatic rings. The van der Waals surface area contributed by atoms with E-state index in [0.29, 0.717) is 23.4 Å². The van der Waals surface area contributed by atoms with Crippen LogP contribution in [0.4, 0.5) is 4.39 Å². The number of nitrogens with one attached hydrogen (secondary N) is 2. The average molecular weight is 289 g/mol. The van der Waals surface area contributed by atoms with Crippen molar-refractivity contribution in [3.05, 3.63) is 51.8 Å². The Labute approximate surface area is 121 Å². The van der Waals surface area contributed by atoms with E-state index in [4.69, 9.17) is 0 Å². The van der Waals surface area contributed by atoms with Crippen molar-refractivity contribution in [1.82, 2.24) is 15.3 Å². The van der Waals surface area contributed by atoms with Crippen molar-refractivity contribution in [2.75, 3.05) is 6.54 Å². The largest absolute Gasteiger partial charge is 0.351 e. The van der Waals surface area contributed by atoms with E-state index in [0.717, 1.165) is 6.42 Å². The molecule has 0 bridgehead atoms. The van der Waals surface area contributed by atoms with E-state index < -0.39 is 5.69 Å². The molecule has 0 saturated carbocycles. The van der Waals surface area contributed by atoms with Crippen LogP contribution in [0.15, 0.2) is 29.1 Å². The molecule has 2 N–H and O–H groups in total. The third kappa shape index (κ3) is 3.53.